The molecule has 1 atom stereocenters. The third-order valence-corrected chi connectivity index (χ3v) is 6.69. The van der Waals surface area contributed by atoms with E-state index in [9.17, 15) is 19.1 Å². The van der Waals surface area contributed by atoms with Crippen LogP contribution < -0.4 is 14.8 Å². The molecular formula is C25H18Cl4FNO5. The van der Waals surface area contributed by atoms with E-state index in [0.717, 1.165) is 12.1 Å². The largest absolute Gasteiger partial charge is 0.489 e. The van der Waals surface area contributed by atoms with Gasteiger partial charge >= 0.3 is 5.97 Å². The first kappa shape index (κ1) is 26.4. The maximum atomic E-state index is 13.8. The lowest BCUT2D eigenvalue weighted by molar-refractivity contribution is -0.139. The Morgan fingerprint density at radius 1 is 0.944 bits per heavy atom. The Balaban J connectivity index is 1.72. The lowest BCUT2D eigenvalue weighted by atomic mass is 9.97. The van der Waals surface area contributed by atoms with Crippen molar-refractivity contribution in [2.45, 2.75) is 18.9 Å². The van der Waals surface area contributed by atoms with E-state index in [1.807, 2.05) is 0 Å². The van der Waals surface area contributed by atoms with Crippen molar-refractivity contribution in [3.05, 3.63) is 79.5 Å². The zero-order chi connectivity index (χ0) is 26.0. The quantitative estimate of drug-likeness (QED) is 0.343. The minimum Gasteiger partial charge on any atom is -0.489 e. The highest BCUT2D eigenvalue weighted by Gasteiger charge is 2.28. The van der Waals surface area contributed by atoms with Crippen molar-refractivity contribution in [2.75, 3.05) is 13.2 Å². The van der Waals surface area contributed by atoms with Crippen LogP contribution in [0.2, 0.25) is 20.1 Å². The molecule has 36 heavy (non-hydrogen) atoms. The summed E-state index contributed by atoms with van der Waals surface area (Å²) in [6, 6.07) is 8.73. The molecule has 11 heteroatoms. The number of carbonyl (C=O) groups is 2. The van der Waals surface area contributed by atoms with E-state index in [0.29, 0.717) is 42.1 Å². The Labute approximate surface area is 225 Å². The number of fused-ring (bicyclic) bond motifs is 1. The Morgan fingerprint density at radius 2 is 1.56 bits per heavy atom. The van der Waals surface area contributed by atoms with Gasteiger partial charge in [0.15, 0.2) is 11.5 Å². The van der Waals surface area contributed by atoms with Crippen LogP contribution in [0.5, 0.6) is 11.5 Å². The fourth-order valence-corrected chi connectivity index (χ4v) is 5.07. The molecule has 1 aliphatic rings. The van der Waals surface area contributed by atoms with Gasteiger partial charge < -0.3 is 19.9 Å². The van der Waals surface area contributed by atoms with Crippen LogP contribution in [0, 0.1) is 5.82 Å². The number of carbonyl (C=O) groups excluding carboxylic acids is 1. The predicted molar refractivity (Wildman–Crippen MR) is 137 cm³/mol. The first-order valence-corrected chi connectivity index (χ1v) is 12.2. The van der Waals surface area contributed by atoms with E-state index in [2.05, 4.69) is 5.32 Å². The van der Waals surface area contributed by atoms with Crippen LogP contribution in [0.3, 0.4) is 0 Å². The van der Waals surface area contributed by atoms with Crippen molar-refractivity contribution in [2.24, 2.45) is 0 Å². The fourth-order valence-electron chi connectivity index (χ4n) is 3.83. The van der Waals surface area contributed by atoms with E-state index >= 15 is 0 Å². The summed E-state index contributed by atoms with van der Waals surface area (Å²) in [5.41, 5.74) is 1.25. The molecule has 188 valence electrons. The van der Waals surface area contributed by atoms with E-state index in [4.69, 9.17) is 55.9 Å². The van der Waals surface area contributed by atoms with E-state index in [-0.39, 0.29) is 37.8 Å². The number of ether oxygens (including phenoxy) is 2. The molecule has 0 fully saturated rings. The highest BCUT2D eigenvalue weighted by Crippen LogP contribution is 2.47. The Bertz CT molecular complexity index is 1310. The zero-order valence-corrected chi connectivity index (χ0v) is 21.4. The van der Waals surface area contributed by atoms with E-state index in [1.165, 1.54) is 12.1 Å². The number of rotatable bonds is 6. The Kier molecular flexibility index (Phi) is 8.15. The predicted octanol–water partition coefficient (Wildman–Crippen LogP) is 6.69. The van der Waals surface area contributed by atoms with Gasteiger partial charge in [-0.2, -0.15) is 0 Å². The van der Waals surface area contributed by atoms with Crippen LogP contribution in [0.15, 0.2) is 42.5 Å². The van der Waals surface area contributed by atoms with Crippen molar-refractivity contribution in [3.63, 3.8) is 0 Å². The standard InChI is InChI=1S/C25H18Cl4FNO5/c26-15-3-1-4-16(27)21(15)24(32)31-19(25(33)34)9-12-5-6-14(23-22(12)35-7-2-8-36-23)20-17(28)10-13(30)11-18(20)29/h1,3-6,10-11,19H,2,7-9H2,(H,31,32)(H,33,34). The summed E-state index contributed by atoms with van der Waals surface area (Å²) in [4.78, 5) is 24.9. The molecule has 0 saturated carbocycles. The van der Waals surface area contributed by atoms with Gasteiger partial charge in [0.2, 0.25) is 0 Å². The Hall–Kier alpha value is -2.71. The third-order valence-electron chi connectivity index (χ3n) is 5.47. The van der Waals surface area contributed by atoms with Gasteiger partial charge in [-0.3, -0.25) is 4.79 Å². The second kappa shape index (κ2) is 11.1. The SMILES string of the molecule is O=C(NC(Cc1ccc(-c2c(Cl)cc(F)cc2Cl)c2c1OCCCO2)C(=O)O)c1c(Cl)cccc1Cl. The lowest BCUT2D eigenvalue weighted by Gasteiger charge is -2.21. The number of hydrogen-bond donors (Lipinski definition) is 2. The van der Waals surface area contributed by atoms with Gasteiger partial charge in [-0.15, -0.1) is 0 Å². The molecule has 0 saturated heterocycles. The number of halogens is 5. The Morgan fingerprint density at radius 3 is 2.17 bits per heavy atom. The highest BCUT2D eigenvalue weighted by molar-refractivity contribution is 6.40. The monoisotopic (exact) mass is 571 g/mol. The molecule has 2 N–H and O–H groups in total. The van der Waals surface area contributed by atoms with Gasteiger partial charge in [-0.05, 0) is 30.3 Å². The van der Waals surface area contributed by atoms with Crippen molar-refractivity contribution >= 4 is 58.3 Å². The highest BCUT2D eigenvalue weighted by atomic mass is 35.5. The molecule has 0 radical (unpaired) electrons. The molecule has 0 spiro atoms. The second-order valence-corrected chi connectivity index (χ2v) is 9.52. The molecule has 1 unspecified atom stereocenters. The minimum atomic E-state index is -1.34. The molecule has 1 heterocycles. The summed E-state index contributed by atoms with van der Waals surface area (Å²) in [5.74, 6) is -2.01. The van der Waals surface area contributed by atoms with Crippen LogP contribution in [0.4, 0.5) is 4.39 Å². The van der Waals surface area contributed by atoms with Crippen LogP contribution in [0.25, 0.3) is 11.1 Å². The van der Waals surface area contributed by atoms with Crippen LogP contribution in [-0.2, 0) is 11.2 Å². The molecule has 6 nitrogen and oxygen atoms in total. The lowest BCUT2D eigenvalue weighted by Crippen LogP contribution is -2.42. The van der Waals surface area contributed by atoms with Gasteiger partial charge in [0.05, 0.1) is 38.9 Å². The van der Waals surface area contributed by atoms with Gasteiger partial charge in [0.25, 0.3) is 5.91 Å². The zero-order valence-electron chi connectivity index (χ0n) is 18.4. The van der Waals surface area contributed by atoms with Gasteiger partial charge in [-0.25, -0.2) is 9.18 Å². The summed E-state index contributed by atoms with van der Waals surface area (Å²) in [6.07, 6.45) is 0.433. The fraction of sp³-hybridized carbons (Fsp3) is 0.200. The maximum Gasteiger partial charge on any atom is 0.326 e. The van der Waals surface area contributed by atoms with Crippen LogP contribution in [-0.4, -0.2) is 36.2 Å². The number of hydrogen-bond acceptors (Lipinski definition) is 4. The van der Waals surface area contributed by atoms with Crippen molar-refractivity contribution < 1.29 is 28.6 Å². The number of carboxylic acids is 1. The van der Waals surface area contributed by atoms with Crippen molar-refractivity contribution in [1.82, 2.24) is 5.32 Å². The maximum absolute atomic E-state index is 13.8. The average molecular weight is 573 g/mol. The molecule has 4 rings (SSSR count). The molecule has 0 aromatic heterocycles. The first-order valence-electron chi connectivity index (χ1n) is 10.7. The normalized spacial score (nSPS) is 13.6. The first-order chi connectivity index (χ1) is 17.2. The van der Waals surface area contributed by atoms with Crippen LogP contribution >= 0.6 is 46.4 Å². The molecule has 0 aliphatic carbocycles. The number of benzene rings is 3. The van der Waals surface area contributed by atoms with Crippen LogP contribution in [0.1, 0.15) is 22.3 Å². The summed E-state index contributed by atoms with van der Waals surface area (Å²) < 4.78 is 25.6. The number of aliphatic carboxylic acids is 1. The smallest absolute Gasteiger partial charge is 0.326 e. The number of nitrogens with one attached hydrogen (secondary N) is 1. The molecule has 3 aromatic carbocycles. The number of amides is 1. The third kappa shape index (κ3) is 5.49. The summed E-state index contributed by atoms with van der Waals surface area (Å²) >= 11 is 24.8. The molecule has 0 bridgehead atoms. The molecular weight excluding hydrogens is 555 g/mol. The topological polar surface area (TPSA) is 84.9 Å². The molecule has 3 aromatic rings. The summed E-state index contributed by atoms with van der Waals surface area (Å²) in [7, 11) is 0. The average Bonchev–Trinajstić information content (AvgIpc) is 3.05. The van der Waals surface area contributed by atoms with Gasteiger partial charge in [0, 0.05) is 29.5 Å². The second-order valence-electron chi connectivity index (χ2n) is 7.89. The van der Waals surface area contributed by atoms with E-state index < -0.39 is 23.7 Å². The molecule has 1 amide bonds. The molecule has 1 aliphatic heterocycles. The van der Waals surface area contributed by atoms with Crippen molar-refractivity contribution in [3.8, 4) is 22.6 Å². The van der Waals surface area contributed by atoms with Gasteiger partial charge in [0.1, 0.15) is 11.9 Å². The van der Waals surface area contributed by atoms with Gasteiger partial charge in [-0.1, -0.05) is 58.5 Å². The van der Waals surface area contributed by atoms with Crippen molar-refractivity contribution in [1.29, 1.82) is 0 Å². The summed E-state index contributed by atoms with van der Waals surface area (Å²) in [5, 5.41) is 12.6. The van der Waals surface area contributed by atoms with E-state index in [1.54, 1.807) is 18.2 Å². The minimum absolute atomic E-state index is 0.0264. The summed E-state index contributed by atoms with van der Waals surface area (Å²) in [6.45, 7) is 0.637. The number of carboxylic acid groups (broad SMARTS) is 1.